The van der Waals surface area contributed by atoms with Crippen LogP contribution in [0.25, 0.3) is 11.1 Å². The molecule has 2 N–H and O–H groups in total. The van der Waals surface area contributed by atoms with Crippen LogP contribution in [0.4, 0.5) is 0 Å². The van der Waals surface area contributed by atoms with Gasteiger partial charge in [-0.05, 0) is 52.6 Å². The summed E-state index contributed by atoms with van der Waals surface area (Å²) in [6.45, 7) is 0.351. The Hall–Kier alpha value is -2.98. The molecule has 0 aliphatic carbocycles. The zero-order valence-corrected chi connectivity index (χ0v) is 15.6. The van der Waals surface area contributed by atoms with Crippen LogP contribution in [0.2, 0.25) is 5.02 Å². The van der Waals surface area contributed by atoms with Gasteiger partial charge in [0.15, 0.2) is 5.54 Å². The molecule has 0 aromatic heterocycles. The molecule has 4 rings (SSSR count). The van der Waals surface area contributed by atoms with E-state index in [9.17, 15) is 0 Å². The van der Waals surface area contributed by atoms with E-state index in [1.807, 2.05) is 60.7 Å². The van der Waals surface area contributed by atoms with Crippen molar-refractivity contribution in [2.24, 2.45) is 10.7 Å². The number of amidine groups is 1. The first-order valence-electron chi connectivity index (χ1n) is 8.60. The quantitative estimate of drug-likeness (QED) is 0.721. The average molecular weight is 379 g/mol. The molecule has 1 aliphatic heterocycles. The van der Waals surface area contributed by atoms with Crippen LogP contribution in [0, 0.1) is 0 Å². The second-order valence-electron chi connectivity index (χ2n) is 6.42. The lowest BCUT2D eigenvalue weighted by Gasteiger charge is -2.26. The molecule has 3 aromatic rings. The Labute approximate surface area is 163 Å². The summed E-state index contributed by atoms with van der Waals surface area (Å²) >= 11 is 6.16. The number of ether oxygens (including phenoxy) is 2. The highest BCUT2D eigenvalue weighted by molar-refractivity contribution is 6.30. The van der Waals surface area contributed by atoms with Gasteiger partial charge in [0.25, 0.3) is 6.02 Å². The molecule has 4 nitrogen and oxygen atoms in total. The molecule has 0 saturated heterocycles. The number of aliphatic imine (C=N–C) groups is 1. The number of benzene rings is 3. The maximum atomic E-state index is 6.16. The summed E-state index contributed by atoms with van der Waals surface area (Å²) in [6, 6.07) is 24.0. The summed E-state index contributed by atoms with van der Waals surface area (Å²) in [6.07, 6.45) is 0. The highest BCUT2D eigenvalue weighted by Crippen LogP contribution is 2.39. The predicted octanol–water partition coefficient (Wildman–Crippen LogP) is 4.60. The monoisotopic (exact) mass is 378 g/mol. The van der Waals surface area contributed by atoms with Gasteiger partial charge in [0.2, 0.25) is 0 Å². The van der Waals surface area contributed by atoms with Crippen LogP contribution in [0.3, 0.4) is 0 Å². The molecule has 5 heteroatoms. The fraction of sp³-hybridized carbons (Fsp3) is 0.136. The van der Waals surface area contributed by atoms with E-state index in [4.69, 9.17) is 26.8 Å². The first-order chi connectivity index (χ1) is 13.1. The van der Waals surface area contributed by atoms with Crippen LogP contribution < -0.4 is 10.5 Å². The molecule has 27 heavy (non-hydrogen) atoms. The smallest absolute Gasteiger partial charge is 0.283 e. The Morgan fingerprint density at radius 3 is 2.30 bits per heavy atom. The summed E-state index contributed by atoms with van der Waals surface area (Å²) in [5, 5.41) is 0.703. The van der Waals surface area contributed by atoms with Crippen molar-refractivity contribution in [3.8, 4) is 16.9 Å². The fourth-order valence-electron chi connectivity index (χ4n) is 3.38. The molecule has 136 valence electrons. The van der Waals surface area contributed by atoms with Crippen molar-refractivity contribution in [3.05, 3.63) is 88.9 Å². The normalized spacial score (nSPS) is 18.7. The van der Waals surface area contributed by atoms with Gasteiger partial charge in [0.05, 0.1) is 7.11 Å². The molecule has 0 unspecified atom stereocenters. The number of hydrogen-bond donors (Lipinski definition) is 1. The van der Waals surface area contributed by atoms with E-state index in [1.54, 1.807) is 7.11 Å². The number of nitrogens with zero attached hydrogens (tertiary/aromatic N) is 1. The van der Waals surface area contributed by atoms with Gasteiger partial charge >= 0.3 is 0 Å². The molecule has 3 aromatic carbocycles. The van der Waals surface area contributed by atoms with E-state index in [1.165, 1.54) is 0 Å². The van der Waals surface area contributed by atoms with E-state index >= 15 is 0 Å². The summed E-state index contributed by atoms with van der Waals surface area (Å²) in [5.41, 5.74) is 9.31. The molecular weight excluding hydrogens is 360 g/mol. The van der Waals surface area contributed by atoms with Crippen LogP contribution in [0.5, 0.6) is 5.75 Å². The van der Waals surface area contributed by atoms with Gasteiger partial charge in [-0.25, -0.2) is 4.99 Å². The molecule has 0 bridgehead atoms. The lowest BCUT2D eigenvalue weighted by molar-refractivity contribution is 0.278. The van der Waals surface area contributed by atoms with Gasteiger partial charge in [0.1, 0.15) is 12.4 Å². The Bertz CT molecular complexity index is 1000. The zero-order chi connectivity index (χ0) is 18.9. The standard InChI is InChI=1S/C22H19ClN2O2/c1-26-20-10-8-17(9-11-20)22(14-27-21(24)25-22)18-6-2-4-15(12-18)16-5-3-7-19(23)13-16/h2-13H,14H2,1H3,(H2,24,25)/t22-/m0/s1. The maximum Gasteiger partial charge on any atom is 0.283 e. The zero-order valence-electron chi connectivity index (χ0n) is 14.9. The van der Waals surface area contributed by atoms with Crippen molar-refractivity contribution in [1.82, 2.24) is 0 Å². The average Bonchev–Trinajstić information content (AvgIpc) is 3.11. The van der Waals surface area contributed by atoms with E-state index in [0.717, 1.165) is 28.0 Å². The third-order valence-electron chi connectivity index (χ3n) is 4.80. The lowest BCUT2D eigenvalue weighted by Crippen LogP contribution is -2.27. The topological polar surface area (TPSA) is 56.8 Å². The molecule has 0 saturated carbocycles. The van der Waals surface area contributed by atoms with E-state index in [-0.39, 0.29) is 6.02 Å². The van der Waals surface area contributed by atoms with E-state index < -0.39 is 5.54 Å². The largest absolute Gasteiger partial charge is 0.497 e. The number of methoxy groups -OCH3 is 1. The van der Waals surface area contributed by atoms with Crippen molar-refractivity contribution in [1.29, 1.82) is 0 Å². The minimum atomic E-state index is -0.690. The van der Waals surface area contributed by atoms with Crippen molar-refractivity contribution < 1.29 is 9.47 Å². The maximum absolute atomic E-state index is 6.16. The second-order valence-corrected chi connectivity index (χ2v) is 6.86. The van der Waals surface area contributed by atoms with E-state index in [2.05, 4.69) is 17.1 Å². The summed E-state index contributed by atoms with van der Waals surface area (Å²) < 4.78 is 10.8. The summed E-state index contributed by atoms with van der Waals surface area (Å²) in [4.78, 5) is 4.67. The van der Waals surface area contributed by atoms with Gasteiger partial charge in [-0.2, -0.15) is 0 Å². The minimum Gasteiger partial charge on any atom is -0.497 e. The number of nitrogens with two attached hydrogens (primary N) is 1. The fourth-order valence-corrected chi connectivity index (χ4v) is 3.57. The van der Waals surface area contributed by atoms with Gasteiger partial charge in [-0.3, -0.25) is 0 Å². The molecule has 0 spiro atoms. The molecular formula is C22H19ClN2O2. The third-order valence-corrected chi connectivity index (χ3v) is 5.03. The van der Waals surface area contributed by atoms with Crippen LogP contribution in [-0.4, -0.2) is 19.7 Å². The Balaban J connectivity index is 1.83. The van der Waals surface area contributed by atoms with Crippen molar-refractivity contribution in [2.75, 3.05) is 13.7 Å². The number of hydrogen-bond acceptors (Lipinski definition) is 4. The van der Waals surface area contributed by atoms with Crippen molar-refractivity contribution >= 4 is 17.6 Å². The lowest BCUT2D eigenvalue weighted by atomic mass is 9.83. The van der Waals surface area contributed by atoms with Gasteiger partial charge < -0.3 is 15.2 Å². The molecule has 1 atom stereocenters. The first kappa shape index (κ1) is 17.4. The molecule has 1 aliphatic rings. The van der Waals surface area contributed by atoms with Crippen LogP contribution in [0.1, 0.15) is 11.1 Å². The second kappa shape index (κ2) is 6.97. The highest BCUT2D eigenvalue weighted by Gasteiger charge is 2.40. The molecule has 0 fully saturated rings. The Morgan fingerprint density at radius 1 is 0.963 bits per heavy atom. The summed E-state index contributed by atoms with van der Waals surface area (Å²) in [7, 11) is 1.65. The van der Waals surface area contributed by atoms with E-state index in [0.29, 0.717) is 11.6 Å². The predicted molar refractivity (Wildman–Crippen MR) is 108 cm³/mol. The summed E-state index contributed by atoms with van der Waals surface area (Å²) in [5.74, 6) is 0.789. The highest BCUT2D eigenvalue weighted by atomic mass is 35.5. The minimum absolute atomic E-state index is 0.193. The van der Waals surface area contributed by atoms with Gasteiger partial charge in [-0.1, -0.05) is 54.1 Å². The molecule has 0 radical (unpaired) electrons. The van der Waals surface area contributed by atoms with Crippen molar-refractivity contribution in [2.45, 2.75) is 5.54 Å². The SMILES string of the molecule is COc1ccc([C@]2(c3cccc(-c4cccc(Cl)c4)c3)COC(N)=N2)cc1. The van der Waals surface area contributed by atoms with Gasteiger partial charge in [0, 0.05) is 5.02 Å². The van der Waals surface area contributed by atoms with Crippen LogP contribution in [-0.2, 0) is 10.3 Å². The van der Waals surface area contributed by atoms with Gasteiger partial charge in [-0.15, -0.1) is 0 Å². The van der Waals surface area contributed by atoms with Crippen molar-refractivity contribution in [3.63, 3.8) is 0 Å². The molecule has 1 heterocycles. The van der Waals surface area contributed by atoms with Crippen LogP contribution in [0.15, 0.2) is 77.8 Å². The van der Waals surface area contributed by atoms with Crippen LogP contribution >= 0.6 is 11.6 Å². The first-order valence-corrected chi connectivity index (χ1v) is 8.98. The Kier molecular flexibility index (Phi) is 4.50. The molecule has 0 amide bonds. The number of halogens is 1. The number of rotatable bonds is 4. The Morgan fingerprint density at radius 2 is 1.67 bits per heavy atom. The third kappa shape index (κ3) is 3.24.